The molecule has 4 heteroatoms. The fourth-order valence-corrected chi connectivity index (χ4v) is 1.72. The van der Waals surface area contributed by atoms with Crippen LogP contribution in [-0.4, -0.2) is 24.0 Å². The Labute approximate surface area is 81.0 Å². The second-order valence-electron chi connectivity index (χ2n) is 2.76. The first-order valence-electron chi connectivity index (χ1n) is 3.61. The second kappa shape index (κ2) is 5.40. The van der Waals surface area contributed by atoms with E-state index < -0.39 is 0 Å². The number of nitriles is 2. The molecule has 0 aromatic rings. The van der Waals surface area contributed by atoms with E-state index in [0.29, 0.717) is 11.3 Å². The largest absolute Gasteiger partial charge is 0.295 e. The Morgan fingerprint density at radius 1 is 1.31 bits per heavy atom. The van der Waals surface area contributed by atoms with Crippen LogP contribution in [0.15, 0.2) is 11.1 Å². The van der Waals surface area contributed by atoms with Crippen molar-refractivity contribution in [1.29, 1.82) is 10.5 Å². The number of hydrogen-bond acceptors (Lipinski definition) is 3. The second-order valence-corrected chi connectivity index (χ2v) is 5.02. The van der Waals surface area contributed by atoms with Crippen molar-refractivity contribution in [3.8, 4) is 12.1 Å². The molecular formula is C9H11N2OS+. The molecule has 13 heavy (non-hydrogen) atoms. The number of allylic oxidation sites excluding steroid dienone is 1. The Morgan fingerprint density at radius 2 is 1.77 bits per heavy atom. The molecule has 0 amide bonds. The zero-order valence-electron chi connectivity index (χ0n) is 7.92. The average molecular weight is 195 g/mol. The maximum atomic E-state index is 11.1. The summed E-state index contributed by atoms with van der Waals surface area (Å²) in [4.78, 5) is 11.1. The molecule has 0 aliphatic carbocycles. The van der Waals surface area contributed by atoms with Crippen LogP contribution >= 0.6 is 0 Å². The van der Waals surface area contributed by atoms with Gasteiger partial charge in [-0.3, -0.25) is 4.79 Å². The van der Waals surface area contributed by atoms with Crippen molar-refractivity contribution in [2.45, 2.75) is 6.92 Å². The first kappa shape index (κ1) is 11.7. The number of carbonyl (C=O) groups excluding carboxylic acids is 1. The van der Waals surface area contributed by atoms with Crippen LogP contribution in [0.3, 0.4) is 0 Å². The molecule has 0 radical (unpaired) electrons. The van der Waals surface area contributed by atoms with Crippen LogP contribution < -0.4 is 0 Å². The normalized spacial score (nSPS) is 8.77. The summed E-state index contributed by atoms with van der Waals surface area (Å²) in [6.45, 7) is 1.39. The van der Waals surface area contributed by atoms with Crippen LogP contribution in [0.2, 0.25) is 0 Å². The number of nitrogens with zero attached hydrogens (tertiary/aromatic N) is 2. The molecule has 0 saturated carbocycles. The molecule has 0 rings (SSSR count). The highest BCUT2D eigenvalue weighted by Gasteiger charge is 2.17. The first-order valence-corrected chi connectivity index (χ1v) is 5.82. The van der Waals surface area contributed by atoms with Gasteiger partial charge in [0.2, 0.25) is 0 Å². The molecule has 0 aromatic heterocycles. The summed E-state index contributed by atoms with van der Waals surface area (Å²) in [5, 5.41) is 17.2. The number of ketones is 1. The van der Waals surface area contributed by atoms with E-state index in [1.54, 1.807) is 12.1 Å². The molecule has 0 saturated heterocycles. The van der Waals surface area contributed by atoms with Crippen molar-refractivity contribution < 1.29 is 4.79 Å². The molecule has 0 unspecified atom stereocenters. The lowest BCUT2D eigenvalue weighted by Crippen LogP contribution is -2.12. The van der Waals surface area contributed by atoms with E-state index >= 15 is 0 Å². The van der Waals surface area contributed by atoms with E-state index in [1.807, 2.05) is 12.5 Å². The number of hydrogen-bond donors (Lipinski definition) is 0. The van der Waals surface area contributed by atoms with Crippen LogP contribution in [0.4, 0.5) is 0 Å². The Hall–Kier alpha value is -1.26. The van der Waals surface area contributed by atoms with Crippen molar-refractivity contribution in [2.75, 3.05) is 18.3 Å². The average Bonchev–Trinajstić information content (AvgIpc) is 2.04. The third-order valence-electron chi connectivity index (χ3n) is 1.38. The molecule has 3 nitrogen and oxygen atoms in total. The standard InChI is InChI=1S/C9H11N2OS/c1-7(12)9(6-13(2)3)8(4-10)5-11/h6H2,1-3H3/q+1. The molecule has 0 atom stereocenters. The van der Waals surface area contributed by atoms with E-state index in [1.165, 1.54) is 6.92 Å². The van der Waals surface area contributed by atoms with Crippen molar-refractivity contribution in [2.24, 2.45) is 0 Å². The smallest absolute Gasteiger partial charge is 0.162 e. The Morgan fingerprint density at radius 3 is 2.00 bits per heavy atom. The van der Waals surface area contributed by atoms with E-state index in [0.717, 1.165) is 0 Å². The maximum absolute atomic E-state index is 11.1. The third-order valence-corrected chi connectivity index (χ3v) is 2.25. The van der Waals surface area contributed by atoms with Gasteiger partial charge in [-0.15, -0.1) is 0 Å². The molecule has 0 spiro atoms. The van der Waals surface area contributed by atoms with Gasteiger partial charge in [0.1, 0.15) is 23.5 Å². The van der Waals surface area contributed by atoms with Crippen LogP contribution in [0.1, 0.15) is 6.92 Å². The van der Waals surface area contributed by atoms with Gasteiger partial charge in [-0.05, 0) is 17.8 Å². The predicted octanol–water partition coefficient (Wildman–Crippen LogP) is 0.797. The van der Waals surface area contributed by atoms with Gasteiger partial charge in [0.25, 0.3) is 0 Å². The number of Topliss-reactive ketones (excluding diaryl/α,β-unsaturated/α-hetero) is 1. The fourth-order valence-electron chi connectivity index (χ4n) is 0.798. The van der Waals surface area contributed by atoms with Gasteiger partial charge in [-0.25, -0.2) is 0 Å². The molecule has 0 bridgehead atoms. The monoisotopic (exact) mass is 195 g/mol. The Balaban J connectivity index is 5.04. The van der Waals surface area contributed by atoms with Gasteiger partial charge in [0, 0.05) is 0 Å². The summed E-state index contributed by atoms with van der Waals surface area (Å²) in [7, 11) is 0.0291. The Kier molecular flexibility index (Phi) is 4.87. The molecular weight excluding hydrogens is 184 g/mol. The third kappa shape index (κ3) is 3.78. The lowest BCUT2D eigenvalue weighted by Gasteiger charge is -1.99. The number of carbonyl (C=O) groups is 1. The lowest BCUT2D eigenvalue weighted by molar-refractivity contribution is -0.113. The highest BCUT2D eigenvalue weighted by atomic mass is 32.2. The van der Waals surface area contributed by atoms with Gasteiger partial charge in [0.15, 0.2) is 5.78 Å². The highest BCUT2D eigenvalue weighted by Crippen LogP contribution is 2.07. The van der Waals surface area contributed by atoms with Crippen molar-refractivity contribution in [3.05, 3.63) is 11.1 Å². The quantitative estimate of drug-likeness (QED) is 0.380. The maximum Gasteiger partial charge on any atom is 0.162 e. The summed E-state index contributed by atoms with van der Waals surface area (Å²) in [6, 6.07) is 3.48. The molecule has 0 aliphatic rings. The van der Waals surface area contributed by atoms with Gasteiger partial charge >= 0.3 is 0 Å². The first-order chi connectivity index (χ1) is 6.02. The van der Waals surface area contributed by atoms with Crippen molar-refractivity contribution in [3.63, 3.8) is 0 Å². The van der Waals surface area contributed by atoms with Gasteiger partial charge in [0.05, 0.1) is 18.1 Å². The zero-order valence-corrected chi connectivity index (χ0v) is 8.73. The van der Waals surface area contributed by atoms with Gasteiger partial charge in [-0.1, -0.05) is 0 Å². The minimum absolute atomic E-state index is 0.0291. The summed E-state index contributed by atoms with van der Waals surface area (Å²) in [5.41, 5.74) is 0.312. The van der Waals surface area contributed by atoms with E-state index in [-0.39, 0.29) is 22.3 Å². The summed E-state index contributed by atoms with van der Waals surface area (Å²) in [6.07, 6.45) is 3.94. The van der Waals surface area contributed by atoms with E-state index in [2.05, 4.69) is 0 Å². The van der Waals surface area contributed by atoms with E-state index in [4.69, 9.17) is 10.5 Å². The molecule has 0 fully saturated rings. The zero-order chi connectivity index (χ0) is 10.4. The highest BCUT2D eigenvalue weighted by molar-refractivity contribution is 7.95. The van der Waals surface area contributed by atoms with Crippen molar-refractivity contribution in [1.82, 2.24) is 0 Å². The van der Waals surface area contributed by atoms with Crippen LogP contribution in [0, 0.1) is 22.7 Å². The predicted molar refractivity (Wildman–Crippen MR) is 53.0 cm³/mol. The molecule has 0 heterocycles. The Bertz CT molecular complexity index is 301. The summed E-state index contributed by atoms with van der Waals surface area (Å²) < 4.78 is 0. The summed E-state index contributed by atoms with van der Waals surface area (Å²) >= 11 is 0. The lowest BCUT2D eigenvalue weighted by atomic mass is 10.1. The van der Waals surface area contributed by atoms with Crippen LogP contribution in [0.5, 0.6) is 0 Å². The van der Waals surface area contributed by atoms with Gasteiger partial charge < -0.3 is 0 Å². The fraction of sp³-hybridized carbons (Fsp3) is 0.444. The molecule has 68 valence electrons. The molecule has 0 aromatic carbocycles. The van der Waals surface area contributed by atoms with E-state index in [9.17, 15) is 4.79 Å². The topological polar surface area (TPSA) is 64.7 Å². The minimum Gasteiger partial charge on any atom is -0.295 e. The summed E-state index contributed by atoms with van der Waals surface area (Å²) in [5.74, 6) is 0.338. The molecule has 0 aliphatic heterocycles. The van der Waals surface area contributed by atoms with Gasteiger partial charge in [-0.2, -0.15) is 10.5 Å². The SMILES string of the molecule is CC(=O)C(C[S+](C)C)=C(C#N)C#N. The van der Waals surface area contributed by atoms with Crippen LogP contribution in [-0.2, 0) is 15.7 Å². The van der Waals surface area contributed by atoms with Crippen LogP contribution in [0.25, 0.3) is 0 Å². The minimum atomic E-state index is -0.181. The molecule has 0 N–H and O–H groups in total. The van der Waals surface area contributed by atoms with Crippen molar-refractivity contribution >= 4 is 16.7 Å². The number of rotatable bonds is 3.